The first-order valence-electron chi connectivity index (χ1n) is 8.73. The number of benzene rings is 2. The standard InChI is InChI=1S/C21H22N2O6/c1-26-16-7-11(8-17(27-2)20(16)28-3)18-13-6-5-12(24)9-14(13)15(10-22)23-19(18)21(25)29-4/h5-9,24H,10,22H2,1-4H3. The van der Waals surface area contributed by atoms with Gasteiger partial charge in [-0.25, -0.2) is 9.78 Å². The van der Waals surface area contributed by atoms with Crippen LogP contribution in [0.4, 0.5) is 0 Å². The van der Waals surface area contributed by atoms with Crippen molar-refractivity contribution in [3.05, 3.63) is 41.7 Å². The molecule has 0 bridgehead atoms. The molecule has 0 atom stereocenters. The van der Waals surface area contributed by atoms with E-state index in [2.05, 4.69) is 4.98 Å². The molecule has 0 fully saturated rings. The number of carbonyl (C=O) groups excluding carboxylic acids is 1. The third-order valence-electron chi connectivity index (χ3n) is 4.59. The lowest BCUT2D eigenvalue weighted by Gasteiger charge is -2.18. The molecule has 0 saturated carbocycles. The number of ether oxygens (including phenoxy) is 4. The highest BCUT2D eigenvalue weighted by Crippen LogP contribution is 2.44. The van der Waals surface area contributed by atoms with E-state index in [1.54, 1.807) is 24.3 Å². The van der Waals surface area contributed by atoms with Gasteiger partial charge in [-0.15, -0.1) is 0 Å². The summed E-state index contributed by atoms with van der Waals surface area (Å²) in [6.07, 6.45) is 0. The zero-order chi connectivity index (χ0) is 21.1. The van der Waals surface area contributed by atoms with E-state index in [1.807, 2.05) is 0 Å². The van der Waals surface area contributed by atoms with Gasteiger partial charge in [0.15, 0.2) is 17.2 Å². The first kappa shape index (κ1) is 20.2. The average Bonchev–Trinajstić information content (AvgIpc) is 2.76. The fourth-order valence-corrected chi connectivity index (χ4v) is 3.29. The summed E-state index contributed by atoms with van der Waals surface area (Å²) >= 11 is 0. The number of nitrogens with zero attached hydrogens (tertiary/aromatic N) is 1. The summed E-state index contributed by atoms with van der Waals surface area (Å²) in [7, 11) is 5.81. The van der Waals surface area contributed by atoms with Crippen LogP contribution in [0, 0.1) is 0 Å². The van der Waals surface area contributed by atoms with E-state index in [-0.39, 0.29) is 18.0 Å². The van der Waals surface area contributed by atoms with Crippen LogP contribution < -0.4 is 19.9 Å². The lowest BCUT2D eigenvalue weighted by molar-refractivity contribution is 0.0595. The van der Waals surface area contributed by atoms with Crippen molar-refractivity contribution in [2.45, 2.75) is 6.54 Å². The summed E-state index contributed by atoms with van der Waals surface area (Å²) in [5.41, 5.74) is 7.51. The Morgan fingerprint density at radius 2 is 1.66 bits per heavy atom. The first-order chi connectivity index (χ1) is 14.0. The van der Waals surface area contributed by atoms with E-state index < -0.39 is 5.97 Å². The number of pyridine rings is 1. The Hall–Kier alpha value is -3.52. The molecule has 29 heavy (non-hydrogen) atoms. The number of hydrogen-bond donors (Lipinski definition) is 2. The number of hydrogen-bond acceptors (Lipinski definition) is 8. The molecule has 1 aromatic heterocycles. The van der Waals surface area contributed by atoms with Crippen LogP contribution in [0.25, 0.3) is 21.9 Å². The lowest BCUT2D eigenvalue weighted by atomic mass is 9.94. The highest BCUT2D eigenvalue weighted by atomic mass is 16.5. The van der Waals surface area contributed by atoms with Gasteiger partial charge in [-0.05, 0) is 41.3 Å². The number of aromatic hydroxyl groups is 1. The predicted molar refractivity (Wildman–Crippen MR) is 108 cm³/mol. The number of esters is 1. The van der Waals surface area contributed by atoms with Crippen LogP contribution in [0.2, 0.25) is 0 Å². The molecule has 0 saturated heterocycles. The lowest BCUT2D eigenvalue weighted by Crippen LogP contribution is -2.12. The molecule has 8 nitrogen and oxygen atoms in total. The van der Waals surface area contributed by atoms with E-state index in [9.17, 15) is 9.90 Å². The van der Waals surface area contributed by atoms with E-state index in [4.69, 9.17) is 24.7 Å². The van der Waals surface area contributed by atoms with E-state index in [1.165, 1.54) is 34.5 Å². The molecular weight excluding hydrogens is 376 g/mol. The van der Waals surface area contributed by atoms with Gasteiger partial charge in [-0.1, -0.05) is 0 Å². The van der Waals surface area contributed by atoms with Crippen molar-refractivity contribution in [2.75, 3.05) is 28.4 Å². The Labute approximate surface area is 167 Å². The molecule has 0 aliphatic heterocycles. The Balaban J connectivity index is 2.46. The second-order valence-corrected chi connectivity index (χ2v) is 6.12. The second kappa shape index (κ2) is 8.24. The molecule has 0 aliphatic rings. The van der Waals surface area contributed by atoms with Gasteiger partial charge in [0, 0.05) is 17.5 Å². The molecule has 0 radical (unpaired) electrons. The van der Waals surface area contributed by atoms with Crippen LogP contribution in [-0.4, -0.2) is 44.5 Å². The number of fused-ring (bicyclic) bond motifs is 1. The molecule has 152 valence electrons. The van der Waals surface area contributed by atoms with Crippen molar-refractivity contribution in [3.8, 4) is 34.1 Å². The molecule has 0 spiro atoms. The minimum absolute atomic E-state index is 0.0654. The Kier molecular flexibility index (Phi) is 5.74. The van der Waals surface area contributed by atoms with Gasteiger partial charge in [0.2, 0.25) is 5.75 Å². The van der Waals surface area contributed by atoms with Crippen molar-refractivity contribution in [3.63, 3.8) is 0 Å². The Morgan fingerprint density at radius 1 is 1.00 bits per heavy atom. The zero-order valence-electron chi connectivity index (χ0n) is 16.6. The largest absolute Gasteiger partial charge is 0.508 e. The molecule has 0 amide bonds. The number of carbonyl (C=O) groups is 1. The van der Waals surface area contributed by atoms with Gasteiger partial charge in [0.05, 0.1) is 34.1 Å². The summed E-state index contributed by atoms with van der Waals surface area (Å²) in [5.74, 6) is 0.723. The average molecular weight is 398 g/mol. The quantitative estimate of drug-likeness (QED) is 0.610. The summed E-state index contributed by atoms with van der Waals surface area (Å²) in [6.45, 7) is 0.0828. The number of rotatable bonds is 6. The van der Waals surface area contributed by atoms with E-state index in [0.29, 0.717) is 44.8 Å². The predicted octanol–water partition coefficient (Wildman–Crippen LogP) is 2.88. The van der Waals surface area contributed by atoms with Gasteiger partial charge in [-0.3, -0.25) is 0 Å². The molecule has 0 aliphatic carbocycles. The van der Waals surface area contributed by atoms with Crippen LogP contribution in [0.15, 0.2) is 30.3 Å². The van der Waals surface area contributed by atoms with Crippen molar-refractivity contribution in [1.29, 1.82) is 0 Å². The normalized spacial score (nSPS) is 10.7. The van der Waals surface area contributed by atoms with Gasteiger partial charge in [0.1, 0.15) is 5.75 Å². The molecule has 0 unspecified atom stereocenters. The number of nitrogens with two attached hydrogens (primary N) is 1. The Morgan fingerprint density at radius 3 is 2.17 bits per heavy atom. The SMILES string of the molecule is COC(=O)c1nc(CN)c2cc(O)ccc2c1-c1cc(OC)c(OC)c(OC)c1. The van der Waals surface area contributed by atoms with E-state index in [0.717, 1.165) is 0 Å². The maximum atomic E-state index is 12.6. The maximum absolute atomic E-state index is 12.6. The van der Waals surface area contributed by atoms with Gasteiger partial charge < -0.3 is 29.8 Å². The molecule has 3 rings (SSSR count). The first-order valence-corrected chi connectivity index (χ1v) is 8.73. The summed E-state index contributed by atoms with van der Waals surface area (Å²) < 4.78 is 21.2. The highest BCUT2D eigenvalue weighted by Gasteiger charge is 2.24. The third-order valence-corrected chi connectivity index (χ3v) is 4.59. The van der Waals surface area contributed by atoms with Crippen molar-refractivity contribution in [2.24, 2.45) is 5.73 Å². The third kappa shape index (κ3) is 3.50. The Bertz CT molecular complexity index is 1060. The van der Waals surface area contributed by atoms with Crippen LogP contribution in [0.3, 0.4) is 0 Å². The van der Waals surface area contributed by atoms with Crippen molar-refractivity contribution in [1.82, 2.24) is 4.98 Å². The fourth-order valence-electron chi connectivity index (χ4n) is 3.29. The van der Waals surface area contributed by atoms with Crippen LogP contribution in [0.1, 0.15) is 16.2 Å². The minimum atomic E-state index is -0.613. The van der Waals surface area contributed by atoms with Crippen LogP contribution in [-0.2, 0) is 11.3 Å². The van der Waals surface area contributed by atoms with E-state index >= 15 is 0 Å². The molecule has 2 aromatic carbocycles. The molecular formula is C21H22N2O6. The monoisotopic (exact) mass is 398 g/mol. The number of phenolic OH excluding ortho intramolecular Hbond substituents is 1. The smallest absolute Gasteiger partial charge is 0.357 e. The molecule has 3 N–H and O–H groups in total. The highest BCUT2D eigenvalue weighted by molar-refractivity contribution is 6.08. The molecule has 8 heteroatoms. The number of methoxy groups -OCH3 is 4. The maximum Gasteiger partial charge on any atom is 0.357 e. The van der Waals surface area contributed by atoms with Gasteiger partial charge >= 0.3 is 5.97 Å². The van der Waals surface area contributed by atoms with Crippen molar-refractivity contribution >= 4 is 16.7 Å². The minimum Gasteiger partial charge on any atom is -0.508 e. The topological polar surface area (TPSA) is 113 Å². The summed E-state index contributed by atoms with van der Waals surface area (Å²) in [5, 5.41) is 11.3. The summed E-state index contributed by atoms with van der Waals surface area (Å²) in [4.78, 5) is 17.0. The van der Waals surface area contributed by atoms with Gasteiger partial charge in [-0.2, -0.15) is 0 Å². The van der Waals surface area contributed by atoms with Gasteiger partial charge in [0.25, 0.3) is 0 Å². The van der Waals surface area contributed by atoms with Crippen LogP contribution in [0.5, 0.6) is 23.0 Å². The molecule has 3 aromatic rings. The summed E-state index contributed by atoms with van der Waals surface area (Å²) in [6, 6.07) is 8.24. The fraction of sp³-hybridized carbons (Fsp3) is 0.238. The number of aromatic nitrogens is 1. The molecule has 1 heterocycles. The zero-order valence-corrected chi connectivity index (χ0v) is 16.6. The van der Waals surface area contributed by atoms with Crippen LogP contribution >= 0.6 is 0 Å². The second-order valence-electron chi connectivity index (χ2n) is 6.12. The van der Waals surface area contributed by atoms with Crippen molar-refractivity contribution < 1.29 is 28.8 Å². The number of phenols is 1.